The number of carbonyl (C=O) groups is 1. The molecule has 1 amide bonds. The van der Waals surface area contributed by atoms with Crippen molar-refractivity contribution in [3.63, 3.8) is 0 Å². The largest absolute Gasteiger partial charge is 0.374 e. The van der Waals surface area contributed by atoms with Gasteiger partial charge >= 0.3 is 0 Å². The second kappa shape index (κ2) is 7.03. The van der Waals surface area contributed by atoms with E-state index in [9.17, 15) is 4.79 Å². The highest BCUT2D eigenvalue weighted by Gasteiger charge is 2.36. The summed E-state index contributed by atoms with van der Waals surface area (Å²) in [6.07, 6.45) is 5.64. The molecule has 2 atom stereocenters. The molecule has 2 fully saturated rings. The predicted molar refractivity (Wildman–Crippen MR) is 89.6 cm³/mol. The zero-order chi connectivity index (χ0) is 16.4. The zero-order valence-corrected chi connectivity index (χ0v) is 14.3. The van der Waals surface area contributed by atoms with E-state index in [4.69, 9.17) is 9.26 Å². The van der Waals surface area contributed by atoms with E-state index in [2.05, 4.69) is 10.1 Å². The van der Waals surface area contributed by atoms with E-state index < -0.39 is 0 Å². The third-order valence-electron chi connectivity index (χ3n) is 4.85. The molecule has 3 heterocycles. The van der Waals surface area contributed by atoms with Crippen molar-refractivity contribution < 1.29 is 14.1 Å². The summed E-state index contributed by atoms with van der Waals surface area (Å²) < 4.78 is 11.1. The van der Waals surface area contributed by atoms with Gasteiger partial charge < -0.3 is 14.2 Å². The SMILES string of the molecule is O=C(CCc1nc(-c2ccsc2)no1)N1CCO[C@@H]2CCCC[C@H]21. The molecule has 1 saturated heterocycles. The minimum atomic E-state index is 0.172. The van der Waals surface area contributed by atoms with E-state index in [0.29, 0.717) is 37.7 Å². The summed E-state index contributed by atoms with van der Waals surface area (Å²) in [6, 6.07) is 2.21. The highest BCUT2D eigenvalue weighted by Crippen LogP contribution is 2.29. The highest BCUT2D eigenvalue weighted by molar-refractivity contribution is 7.08. The molecule has 0 unspecified atom stereocenters. The number of amides is 1. The molecule has 0 aromatic carbocycles. The van der Waals surface area contributed by atoms with Crippen LogP contribution in [0.2, 0.25) is 0 Å². The van der Waals surface area contributed by atoms with Gasteiger partial charge in [0.05, 0.1) is 18.8 Å². The fourth-order valence-corrected chi connectivity index (χ4v) is 4.26. The van der Waals surface area contributed by atoms with Crippen LogP contribution in [0.3, 0.4) is 0 Å². The lowest BCUT2D eigenvalue weighted by atomic mass is 9.90. The predicted octanol–water partition coefficient (Wildman–Crippen LogP) is 2.90. The number of aryl methyl sites for hydroxylation is 1. The molecule has 4 rings (SSSR count). The lowest BCUT2D eigenvalue weighted by Gasteiger charge is -2.43. The van der Waals surface area contributed by atoms with Gasteiger partial charge in [-0.15, -0.1) is 0 Å². The molecule has 2 aromatic heterocycles. The molecule has 2 aliphatic rings. The lowest BCUT2D eigenvalue weighted by molar-refractivity contribution is -0.149. The Labute approximate surface area is 144 Å². The topological polar surface area (TPSA) is 68.5 Å². The summed E-state index contributed by atoms with van der Waals surface area (Å²) in [5, 5.41) is 7.95. The molecule has 6 nitrogen and oxygen atoms in total. The first kappa shape index (κ1) is 15.8. The molecule has 2 aromatic rings. The minimum absolute atomic E-state index is 0.172. The normalized spacial score (nSPS) is 23.9. The summed E-state index contributed by atoms with van der Waals surface area (Å²) >= 11 is 1.60. The number of morpholine rings is 1. The van der Waals surface area contributed by atoms with Crippen molar-refractivity contribution in [2.45, 2.75) is 50.7 Å². The molecular weight excluding hydrogens is 326 g/mol. The van der Waals surface area contributed by atoms with Crippen molar-refractivity contribution in [2.75, 3.05) is 13.2 Å². The number of ether oxygens (including phenoxy) is 1. The van der Waals surface area contributed by atoms with Gasteiger partial charge in [-0.25, -0.2) is 0 Å². The van der Waals surface area contributed by atoms with Gasteiger partial charge in [0, 0.05) is 30.3 Å². The molecule has 0 bridgehead atoms. The maximum atomic E-state index is 12.6. The van der Waals surface area contributed by atoms with Crippen LogP contribution in [-0.2, 0) is 16.0 Å². The Balaban J connectivity index is 1.36. The fourth-order valence-electron chi connectivity index (χ4n) is 3.63. The van der Waals surface area contributed by atoms with Crippen molar-refractivity contribution in [1.29, 1.82) is 0 Å². The van der Waals surface area contributed by atoms with Crippen LogP contribution >= 0.6 is 11.3 Å². The van der Waals surface area contributed by atoms with E-state index in [1.165, 1.54) is 12.8 Å². The molecule has 7 heteroatoms. The molecule has 128 valence electrons. The fraction of sp³-hybridized carbons (Fsp3) is 0.588. The van der Waals surface area contributed by atoms with Gasteiger partial charge in [0.2, 0.25) is 17.6 Å². The van der Waals surface area contributed by atoms with Crippen LogP contribution in [-0.4, -0.2) is 46.2 Å². The summed E-state index contributed by atoms with van der Waals surface area (Å²) in [5.74, 6) is 1.29. The Morgan fingerprint density at radius 1 is 1.38 bits per heavy atom. The standard InChI is InChI=1S/C17H21N3O3S/c21-16(20-8-9-22-14-4-2-1-3-13(14)20)6-5-15-18-17(19-23-15)12-7-10-24-11-12/h7,10-11,13-14H,1-6,8-9H2/t13-,14-/m1/s1. The van der Waals surface area contributed by atoms with Crippen LogP contribution in [0, 0.1) is 0 Å². The zero-order valence-electron chi connectivity index (χ0n) is 13.5. The van der Waals surface area contributed by atoms with Gasteiger partial charge in [0.1, 0.15) is 0 Å². The molecular formula is C17H21N3O3S. The van der Waals surface area contributed by atoms with Crippen LogP contribution < -0.4 is 0 Å². The van der Waals surface area contributed by atoms with Gasteiger partial charge in [-0.1, -0.05) is 18.0 Å². The number of thiophene rings is 1. The average Bonchev–Trinajstić information content (AvgIpc) is 3.30. The highest BCUT2D eigenvalue weighted by atomic mass is 32.1. The molecule has 0 spiro atoms. The first-order chi connectivity index (χ1) is 11.8. The van der Waals surface area contributed by atoms with E-state index in [1.807, 2.05) is 21.7 Å². The smallest absolute Gasteiger partial charge is 0.227 e. The van der Waals surface area contributed by atoms with E-state index in [0.717, 1.165) is 18.4 Å². The second-order valence-corrected chi connectivity index (χ2v) is 7.15. The van der Waals surface area contributed by atoms with Crippen molar-refractivity contribution in [1.82, 2.24) is 15.0 Å². The minimum Gasteiger partial charge on any atom is -0.374 e. The number of hydrogen-bond acceptors (Lipinski definition) is 6. The second-order valence-electron chi connectivity index (χ2n) is 6.37. The summed E-state index contributed by atoms with van der Waals surface area (Å²) in [4.78, 5) is 19.0. The molecule has 1 saturated carbocycles. The molecule has 24 heavy (non-hydrogen) atoms. The summed E-state index contributed by atoms with van der Waals surface area (Å²) in [6.45, 7) is 1.35. The first-order valence-electron chi connectivity index (χ1n) is 8.57. The van der Waals surface area contributed by atoms with Crippen LogP contribution in [0.15, 0.2) is 21.3 Å². The molecule has 0 radical (unpaired) electrons. The molecule has 1 aliphatic heterocycles. The third kappa shape index (κ3) is 3.23. The Hall–Kier alpha value is -1.73. The van der Waals surface area contributed by atoms with Gasteiger partial charge in [-0.05, 0) is 24.3 Å². The Kier molecular flexibility index (Phi) is 4.62. The van der Waals surface area contributed by atoms with Crippen molar-refractivity contribution in [3.05, 3.63) is 22.7 Å². The van der Waals surface area contributed by atoms with Gasteiger partial charge in [0.15, 0.2) is 0 Å². The van der Waals surface area contributed by atoms with Crippen molar-refractivity contribution in [2.24, 2.45) is 0 Å². The van der Waals surface area contributed by atoms with Gasteiger partial charge in [-0.2, -0.15) is 16.3 Å². The van der Waals surface area contributed by atoms with Crippen LogP contribution in [0.25, 0.3) is 11.4 Å². The van der Waals surface area contributed by atoms with E-state index >= 15 is 0 Å². The number of aromatic nitrogens is 2. The average molecular weight is 347 g/mol. The Morgan fingerprint density at radius 2 is 2.29 bits per heavy atom. The summed E-state index contributed by atoms with van der Waals surface area (Å²) in [7, 11) is 0. The van der Waals surface area contributed by atoms with Crippen LogP contribution in [0.5, 0.6) is 0 Å². The monoisotopic (exact) mass is 347 g/mol. The van der Waals surface area contributed by atoms with Crippen LogP contribution in [0.4, 0.5) is 0 Å². The first-order valence-corrected chi connectivity index (χ1v) is 9.52. The lowest BCUT2D eigenvalue weighted by Crippen LogP contribution is -2.54. The van der Waals surface area contributed by atoms with Gasteiger partial charge in [-0.3, -0.25) is 4.79 Å². The Morgan fingerprint density at radius 3 is 3.17 bits per heavy atom. The maximum absolute atomic E-state index is 12.6. The third-order valence-corrected chi connectivity index (χ3v) is 5.54. The van der Waals surface area contributed by atoms with Crippen molar-refractivity contribution >= 4 is 17.2 Å². The van der Waals surface area contributed by atoms with Crippen molar-refractivity contribution in [3.8, 4) is 11.4 Å². The maximum Gasteiger partial charge on any atom is 0.227 e. The van der Waals surface area contributed by atoms with Crippen LogP contribution in [0.1, 0.15) is 38.0 Å². The molecule has 1 aliphatic carbocycles. The number of carbonyl (C=O) groups excluding carboxylic acids is 1. The van der Waals surface area contributed by atoms with Gasteiger partial charge in [0.25, 0.3) is 0 Å². The quantitative estimate of drug-likeness (QED) is 0.851. The number of nitrogens with zero attached hydrogens (tertiary/aromatic N) is 3. The van der Waals surface area contributed by atoms with E-state index in [-0.39, 0.29) is 18.1 Å². The van der Waals surface area contributed by atoms with E-state index in [1.54, 1.807) is 11.3 Å². The number of rotatable bonds is 4. The summed E-state index contributed by atoms with van der Waals surface area (Å²) in [5.41, 5.74) is 0.958. The number of hydrogen-bond donors (Lipinski definition) is 0. The molecule has 0 N–H and O–H groups in total. The Bertz CT molecular complexity index is 683. The number of fused-ring (bicyclic) bond motifs is 1.